The number of anilines is 2. The molecule has 0 unspecified atom stereocenters. The maximum Gasteiger partial charge on any atom is 0.181 e. The average molecular weight is 496 g/mol. The molecule has 9 nitrogen and oxygen atoms in total. The molecule has 0 bridgehead atoms. The van der Waals surface area contributed by atoms with Crippen LogP contribution >= 0.6 is 0 Å². The largest absolute Gasteiger partial charge is 0.511 e. The Labute approximate surface area is 214 Å². The number of nitrogens with zero attached hydrogens (tertiary/aromatic N) is 5. The second-order valence-corrected chi connectivity index (χ2v) is 11.1. The van der Waals surface area contributed by atoms with Crippen LogP contribution in [0.15, 0.2) is 17.4 Å². The third-order valence-electron chi connectivity index (χ3n) is 8.63. The number of aliphatic hydroxyl groups is 1. The first kappa shape index (κ1) is 25.1. The van der Waals surface area contributed by atoms with E-state index < -0.39 is 5.41 Å². The van der Waals surface area contributed by atoms with E-state index in [0.29, 0.717) is 37.1 Å². The summed E-state index contributed by atoms with van der Waals surface area (Å²) in [6.07, 6.45) is 6.13. The highest BCUT2D eigenvalue weighted by atomic mass is 16.3. The summed E-state index contributed by atoms with van der Waals surface area (Å²) in [4.78, 5) is 29.7. The van der Waals surface area contributed by atoms with Crippen LogP contribution in [-0.2, 0) is 4.79 Å². The summed E-state index contributed by atoms with van der Waals surface area (Å²) in [6.45, 7) is 8.65. The lowest BCUT2D eigenvalue weighted by Gasteiger charge is -2.39. The number of aromatic nitrogens is 2. The van der Waals surface area contributed by atoms with Gasteiger partial charge in [0.25, 0.3) is 0 Å². The average Bonchev–Trinajstić information content (AvgIpc) is 3.11. The molecule has 3 N–H and O–H groups in total. The number of allylic oxidation sites excluding steroid dienone is 2. The zero-order valence-corrected chi connectivity index (χ0v) is 21.9. The molecule has 5 rings (SSSR count). The molecule has 0 aromatic carbocycles. The number of Topliss-reactive ketones (excluding diaryl/α,β-unsaturated/α-hetero) is 1. The van der Waals surface area contributed by atoms with Crippen molar-refractivity contribution in [3.8, 4) is 0 Å². The molecule has 0 amide bonds. The Kier molecular flexibility index (Phi) is 7.30. The van der Waals surface area contributed by atoms with Gasteiger partial charge >= 0.3 is 0 Å². The minimum atomic E-state index is -0.805. The van der Waals surface area contributed by atoms with Gasteiger partial charge in [-0.3, -0.25) is 10.2 Å². The minimum absolute atomic E-state index is 0.117. The topological polar surface area (TPSA) is 109 Å². The van der Waals surface area contributed by atoms with Gasteiger partial charge in [0.05, 0.1) is 5.41 Å². The summed E-state index contributed by atoms with van der Waals surface area (Å²) >= 11 is 0. The standard InChI is InChI=1S/C27H41N7O2/c1-19-18-29-11-6-12-34(19)23-17-22(33-15-13-32(2)14-16-33)30-26(31-23)24(28)20-7-5-10-27(25(20)36)9-4-3-8-21(27)35/h17,19,28-29,36H,3-16,18H2,1-2H3/t19-,27+/m0/s1. The minimum Gasteiger partial charge on any atom is -0.511 e. The van der Waals surface area contributed by atoms with Crippen molar-refractivity contribution in [2.45, 2.75) is 64.3 Å². The fourth-order valence-electron chi connectivity index (χ4n) is 6.31. The van der Waals surface area contributed by atoms with E-state index in [2.05, 4.69) is 40.1 Å². The number of piperazine rings is 1. The van der Waals surface area contributed by atoms with E-state index in [1.165, 1.54) is 0 Å². The molecule has 9 heteroatoms. The fourth-order valence-corrected chi connectivity index (χ4v) is 6.31. The Hall–Kier alpha value is -2.52. The van der Waals surface area contributed by atoms with Crippen LogP contribution in [0.25, 0.3) is 0 Å². The van der Waals surface area contributed by atoms with Crippen molar-refractivity contribution in [2.24, 2.45) is 5.41 Å². The van der Waals surface area contributed by atoms with Crippen LogP contribution in [0.1, 0.15) is 64.1 Å². The molecule has 3 fully saturated rings. The maximum absolute atomic E-state index is 13.0. The Morgan fingerprint density at radius 2 is 1.81 bits per heavy atom. The van der Waals surface area contributed by atoms with E-state index in [0.717, 1.165) is 83.1 Å². The highest BCUT2D eigenvalue weighted by Crippen LogP contribution is 2.48. The lowest BCUT2D eigenvalue weighted by atomic mass is 9.64. The molecular formula is C27H41N7O2. The first-order valence-electron chi connectivity index (χ1n) is 13.7. The number of aliphatic hydroxyl groups excluding tert-OH is 1. The third-order valence-corrected chi connectivity index (χ3v) is 8.63. The highest BCUT2D eigenvalue weighted by Gasteiger charge is 2.47. The Morgan fingerprint density at radius 1 is 1.06 bits per heavy atom. The summed E-state index contributed by atoms with van der Waals surface area (Å²) in [7, 11) is 2.14. The zero-order valence-electron chi connectivity index (χ0n) is 21.9. The molecule has 2 saturated heterocycles. The predicted octanol–water partition coefficient (Wildman–Crippen LogP) is 2.91. The van der Waals surface area contributed by atoms with Crippen molar-refractivity contribution < 1.29 is 9.90 Å². The molecule has 4 aliphatic rings. The van der Waals surface area contributed by atoms with Crippen LogP contribution in [-0.4, -0.2) is 90.4 Å². The smallest absolute Gasteiger partial charge is 0.181 e. The van der Waals surface area contributed by atoms with Gasteiger partial charge in [-0.15, -0.1) is 0 Å². The van der Waals surface area contributed by atoms with Crippen molar-refractivity contribution in [3.63, 3.8) is 0 Å². The Bertz CT molecular complexity index is 1030. The number of carbonyl (C=O) groups excluding carboxylic acids is 1. The summed E-state index contributed by atoms with van der Waals surface area (Å²) in [5.74, 6) is 2.29. The number of ketones is 1. The van der Waals surface area contributed by atoms with E-state index in [1.807, 2.05) is 0 Å². The summed E-state index contributed by atoms with van der Waals surface area (Å²) in [5, 5.41) is 24.1. The third kappa shape index (κ3) is 4.75. The second kappa shape index (κ2) is 10.5. The van der Waals surface area contributed by atoms with Crippen molar-refractivity contribution in [1.29, 1.82) is 5.41 Å². The van der Waals surface area contributed by atoms with Gasteiger partial charge in [-0.25, -0.2) is 9.97 Å². The Morgan fingerprint density at radius 3 is 2.58 bits per heavy atom. The van der Waals surface area contributed by atoms with Gasteiger partial charge in [-0.05, 0) is 59.0 Å². The van der Waals surface area contributed by atoms with Gasteiger partial charge in [0, 0.05) is 63.4 Å². The molecule has 1 saturated carbocycles. The quantitative estimate of drug-likeness (QED) is 0.547. The first-order valence-corrected chi connectivity index (χ1v) is 13.7. The summed E-state index contributed by atoms with van der Waals surface area (Å²) in [6, 6.07) is 2.35. The van der Waals surface area contributed by atoms with Crippen LogP contribution in [0.4, 0.5) is 11.6 Å². The van der Waals surface area contributed by atoms with E-state index in [-0.39, 0.29) is 23.3 Å². The zero-order chi connectivity index (χ0) is 25.3. The molecule has 2 aliphatic heterocycles. The molecule has 2 atom stereocenters. The van der Waals surface area contributed by atoms with Crippen LogP contribution < -0.4 is 15.1 Å². The van der Waals surface area contributed by atoms with E-state index in [9.17, 15) is 9.90 Å². The molecule has 196 valence electrons. The molecule has 1 aromatic rings. The lowest BCUT2D eigenvalue weighted by Crippen LogP contribution is -2.45. The van der Waals surface area contributed by atoms with Gasteiger partial charge in [-0.1, -0.05) is 6.42 Å². The molecular weight excluding hydrogens is 454 g/mol. The number of carbonyl (C=O) groups is 1. The van der Waals surface area contributed by atoms with E-state index in [1.54, 1.807) is 0 Å². The summed E-state index contributed by atoms with van der Waals surface area (Å²) < 4.78 is 0. The molecule has 1 spiro atoms. The summed E-state index contributed by atoms with van der Waals surface area (Å²) in [5.41, 5.74) is -0.0765. The van der Waals surface area contributed by atoms with Crippen LogP contribution in [0.2, 0.25) is 0 Å². The van der Waals surface area contributed by atoms with Gasteiger partial charge in [0.1, 0.15) is 28.9 Å². The van der Waals surface area contributed by atoms with Crippen LogP contribution in [0.3, 0.4) is 0 Å². The van der Waals surface area contributed by atoms with Gasteiger partial charge in [0.2, 0.25) is 0 Å². The highest BCUT2D eigenvalue weighted by molar-refractivity contribution is 6.09. The maximum atomic E-state index is 13.0. The monoisotopic (exact) mass is 495 g/mol. The second-order valence-electron chi connectivity index (χ2n) is 11.1. The van der Waals surface area contributed by atoms with Crippen molar-refractivity contribution in [3.05, 3.63) is 23.2 Å². The molecule has 1 aromatic heterocycles. The molecule has 0 radical (unpaired) electrons. The van der Waals surface area contributed by atoms with Crippen molar-refractivity contribution in [1.82, 2.24) is 20.2 Å². The van der Waals surface area contributed by atoms with Crippen molar-refractivity contribution in [2.75, 3.05) is 62.7 Å². The lowest BCUT2D eigenvalue weighted by molar-refractivity contribution is -0.131. The number of nitrogens with one attached hydrogen (secondary N) is 2. The number of rotatable bonds is 4. The first-order chi connectivity index (χ1) is 17.4. The van der Waals surface area contributed by atoms with Gasteiger partial charge in [-0.2, -0.15) is 0 Å². The van der Waals surface area contributed by atoms with E-state index >= 15 is 0 Å². The van der Waals surface area contributed by atoms with Gasteiger partial charge in [0.15, 0.2) is 5.82 Å². The Balaban J connectivity index is 1.54. The van der Waals surface area contributed by atoms with Gasteiger partial charge < -0.3 is 25.1 Å². The van der Waals surface area contributed by atoms with Crippen LogP contribution in [0, 0.1) is 10.8 Å². The molecule has 3 heterocycles. The number of hydrogen-bond acceptors (Lipinski definition) is 9. The van der Waals surface area contributed by atoms with Crippen molar-refractivity contribution >= 4 is 23.1 Å². The number of likely N-dealkylation sites (N-methyl/N-ethyl adjacent to an activating group) is 1. The fraction of sp³-hybridized carbons (Fsp3) is 0.704. The number of hydrogen-bond donors (Lipinski definition) is 3. The predicted molar refractivity (Wildman–Crippen MR) is 142 cm³/mol. The normalized spacial score (nSPS) is 28.5. The van der Waals surface area contributed by atoms with E-state index in [4.69, 9.17) is 15.4 Å². The molecule has 36 heavy (non-hydrogen) atoms. The SMILES string of the molecule is C[C@H]1CNCCCN1c1cc(N2CCN(C)CC2)nc(C(=N)C2=C(O)[C@]3(CCCCC3=O)CCC2)n1. The molecule has 2 aliphatic carbocycles. The van der Waals surface area contributed by atoms with Crippen LogP contribution in [0.5, 0.6) is 0 Å².